The SMILES string of the molecule is CCN(CC(=O)Nc1ccc2c(c1)OCCO2)Cc1nc2ccccc2c(=O)[nH]1. The molecule has 8 nitrogen and oxygen atoms in total. The number of benzene rings is 2. The van der Waals surface area contributed by atoms with Crippen LogP contribution in [-0.4, -0.2) is 47.1 Å². The van der Waals surface area contributed by atoms with Gasteiger partial charge < -0.3 is 19.8 Å². The lowest BCUT2D eigenvalue weighted by Crippen LogP contribution is -2.33. The summed E-state index contributed by atoms with van der Waals surface area (Å²) in [6.07, 6.45) is 0. The van der Waals surface area contributed by atoms with E-state index < -0.39 is 0 Å². The zero-order valence-electron chi connectivity index (χ0n) is 16.1. The van der Waals surface area contributed by atoms with Crippen LogP contribution in [0.5, 0.6) is 11.5 Å². The first-order chi connectivity index (χ1) is 14.1. The molecule has 29 heavy (non-hydrogen) atoms. The Morgan fingerprint density at radius 1 is 1.17 bits per heavy atom. The Balaban J connectivity index is 1.42. The predicted octanol–water partition coefficient (Wildman–Crippen LogP) is 2.15. The second kappa shape index (κ2) is 8.32. The number of amides is 1. The lowest BCUT2D eigenvalue weighted by atomic mass is 10.2. The van der Waals surface area contributed by atoms with Gasteiger partial charge in [-0.25, -0.2) is 4.98 Å². The van der Waals surface area contributed by atoms with Gasteiger partial charge in [0.15, 0.2) is 11.5 Å². The third kappa shape index (κ3) is 4.38. The molecule has 2 heterocycles. The summed E-state index contributed by atoms with van der Waals surface area (Å²) in [6.45, 7) is 4.13. The number of rotatable bonds is 6. The maximum absolute atomic E-state index is 12.5. The number of H-pyrrole nitrogens is 1. The molecule has 0 saturated heterocycles. The second-order valence-corrected chi connectivity index (χ2v) is 6.74. The van der Waals surface area contributed by atoms with Crippen LogP contribution in [0.15, 0.2) is 47.3 Å². The molecule has 0 fully saturated rings. The van der Waals surface area contributed by atoms with Crippen LogP contribution in [0.2, 0.25) is 0 Å². The number of likely N-dealkylation sites (N-methyl/N-ethyl adjacent to an activating group) is 1. The van der Waals surface area contributed by atoms with Crippen molar-refractivity contribution in [2.24, 2.45) is 0 Å². The van der Waals surface area contributed by atoms with Crippen LogP contribution >= 0.6 is 0 Å². The van der Waals surface area contributed by atoms with E-state index in [4.69, 9.17) is 9.47 Å². The number of nitrogens with one attached hydrogen (secondary N) is 2. The van der Waals surface area contributed by atoms with Crippen molar-refractivity contribution in [1.82, 2.24) is 14.9 Å². The summed E-state index contributed by atoms with van der Waals surface area (Å²) >= 11 is 0. The third-order valence-corrected chi connectivity index (χ3v) is 4.68. The van der Waals surface area contributed by atoms with Gasteiger partial charge in [-0.1, -0.05) is 19.1 Å². The molecule has 0 radical (unpaired) electrons. The highest BCUT2D eigenvalue weighted by Crippen LogP contribution is 2.32. The van der Waals surface area contributed by atoms with Gasteiger partial charge in [-0.15, -0.1) is 0 Å². The topological polar surface area (TPSA) is 96.6 Å². The van der Waals surface area contributed by atoms with Gasteiger partial charge in [-0.2, -0.15) is 0 Å². The van der Waals surface area contributed by atoms with Crippen molar-refractivity contribution < 1.29 is 14.3 Å². The van der Waals surface area contributed by atoms with Crippen LogP contribution in [0.3, 0.4) is 0 Å². The van der Waals surface area contributed by atoms with Crippen molar-refractivity contribution in [3.63, 3.8) is 0 Å². The van der Waals surface area contributed by atoms with Gasteiger partial charge >= 0.3 is 0 Å². The average molecular weight is 394 g/mol. The van der Waals surface area contributed by atoms with Gasteiger partial charge in [0.2, 0.25) is 5.91 Å². The summed E-state index contributed by atoms with van der Waals surface area (Å²) in [5.74, 6) is 1.67. The quantitative estimate of drug-likeness (QED) is 0.665. The lowest BCUT2D eigenvalue weighted by molar-refractivity contribution is -0.117. The number of hydrogen-bond acceptors (Lipinski definition) is 6. The summed E-state index contributed by atoms with van der Waals surface area (Å²) in [5, 5.41) is 3.43. The number of fused-ring (bicyclic) bond motifs is 2. The molecule has 0 aliphatic carbocycles. The van der Waals surface area contributed by atoms with Crippen LogP contribution in [0, 0.1) is 0 Å². The van der Waals surface area contributed by atoms with Gasteiger partial charge in [0.1, 0.15) is 19.0 Å². The summed E-state index contributed by atoms with van der Waals surface area (Å²) in [7, 11) is 0. The van der Waals surface area contributed by atoms with Crippen LogP contribution in [0.1, 0.15) is 12.7 Å². The van der Waals surface area contributed by atoms with E-state index in [1.807, 2.05) is 17.9 Å². The fourth-order valence-electron chi connectivity index (χ4n) is 3.23. The highest BCUT2D eigenvalue weighted by Gasteiger charge is 2.15. The summed E-state index contributed by atoms with van der Waals surface area (Å²) in [4.78, 5) is 33.9. The second-order valence-electron chi connectivity index (χ2n) is 6.74. The number of carbonyl (C=O) groups is 1. The minimum absolute atomic E-state index is 0.160. The number of para-hydroxylation sites is 1. The van der Waals surface area contributed by atoms with Crippen LogP contribution in [0.4, 0.5) is 5.69 Å². The standard InChI is InChI=1S/C21H22N4O4/c1-2-25(12-19-23-16-6-4-3-5-15(16)21(27)24-19)13-20(26)22-14-7-8-17-18(11-14)29-10-9-28-17/h3-8,11H,2,9-10,12-13H2,1H3,(H,22,26)(H,23,24,27). The third-order valence-electron chi connectivity index (χ3n) is 4.68. The Hall–Kier alpha value is -3.39. The lowest BCUT2D eigenvalue weighted by Gasteiger charge is -2.21. The van der Waals surface area contributed by atoms with Gasteiger partial charge in [-0.05, 0) is 30.8 Å². The first kappa shape index (κ1) is 18.9. The normalized spacial score (nSPS) is 12.9. The van der Waals surface area contributed by atoms with Crippen molar-refractivity contribution in [2.45, 2.75) is 13.5 Å². The maximum Gasteiger partial charge on any atom is 0.258 e. The minimum Gasteiger partial charge on any atom is -0.486 e. The van der Waals surface area contributed by atoms with Gasteiger partial charge in [0.05, 0.1) is 24.0 Å². The summed E-state index contributed by atoms with van der Waals surface area (Å²) < 4.78 is 11.0. The molecule has 0 unspecified atom stereocenters. The zero-order chi connectivity index (χ0) is 20.2. The Morgan fingerprint density at radius 2 is 1.97 bits per heavy atom. The van der Waals surface area contributed by atoms with E-state index >= 15 is 0 Å². The molecular formula is C21H22N4O4. The Labute approximate surface area is 167 Å². The Bertz CT molecular complexity index is 1100. The average Bonchev–Trinajstić information content (AvgIpc) is 2.73. The van der Waals surface area contributed by atoms with E-state index in [2.05, 4.69) is 15.3 Å². The summed E-state index contributed by atoms with van der Waals surface area (Å²) in [5.41, 5.74) is 1.11. The number of aromatic nitrogens is 2. The number of anilines is 1. The minimum atomic E-state index is -0.178. The van der Waals surface area contributed by atoms with Crippen LogP contribution < -0.4 is 20.3 Å². The molecule has 0 bridgehead atoms. The molecule has 150 valence electrons. The molecule has 1 aliphatic heterocycles. The highest BCUT2D eigenvalue weighted by atomic mass is 16.6. The van der Waals surface area contributed by atoms with Crippen molar-refractivity contribution in [3.8, 4) is 11.5 Å². The number of ether oxygens (including phenoxy) is 2. The monoisotopic (exact) mass is 394 g/mol. The summed E-state index contributed by atoms with van der Waals surface area (Å²) in [6, 6.07) is 12.5. The van der Waals surface area contributed by atoms with Crippen molar-refractivity contribution in [1.29, 1.82) is 0 Å². The van der Waals surface area contributed by atoms with Crippen molar-refractivity contribution in [3.05, 3.63) is 58.6 Å². The van der Waals surface area contributed by atoms with Gasteiger partial charge in [-0.3, -0.25) is 14.5 Å². The fraction of sp³-hybridized carbons (Fsp3) is 0.286. The smallest absolute Gasteiger partial charge is 0.258 e. The van der Waals surface area contributed by atoms with Crippen molar-refractivity contribution >= 4 is 22.5 Å². The molecule has 3 aromatic rings. The first-order valence-corrected chi connectivity index (χ1v) is 9.52. The molecule has 2 N–H and O–H groups in total. The molecule has 2 aromatic carbocycles. The number of hydrogen-bond donors (Lipinski definition) is 2. The van der Waals surface area contributed by atoms with E-state index in [-0.39, 0.29) is 18.0 Å². The van der Waals surface area contributed by atoms with E-state index in [1.165, 1.54) is 0 Å². The molecule has 0 spiro atoms. The van der Waals surface area contributed by atoms with Gasteiger partial charge in [0, 0.05) is 11.8 Å². The van der Waals surface area contributed by atoms with Crippen LogP contribution in [-0.2, 0) is 11.3 Å². The molecule has 8 heteroatoms. The molecule has 1 aromatic heterocycles. The Kier molecular flexibility index (Phi) is 5.44. The predicted molar refractivity (Wildman–Crippen MR) is 109 cm³/mol. The van der Waals surface area contributed by atoms with Crippen molar-refractivity contribution in [2.75, 3.05) is 31.6 Å². The number of aromatic amines is 1. The molecule has 0 atom stereocenters. The fourth-order valence-corrected chi connectivity index (χ4v) is 3.23. The van der Waals surface area contributed by atoms with Crippen LogP contribution in [0.25, 0.3) is 10.9 Å². The molecule has 0 saturated carbocycles. The van der Waals surface area contributed by atoms with E-state index in [1.54, 1.807) is 36.4 Å². The largest absolute Gasteiger partial charge is 0.486 e. The van der Waals surface area contributed by atoms with E-state index in [0.29, 0.717) is 60.2 Å². The number of nitrogens with zero attached hydrogens (tertiary/aromatic N) is 2. The molecular weight excluding hydrogens is 372 g/mol. The maximum atomic E-state index is 12.5. The zero-order valence-corrected chi connectivity index (χ0v) is 16.1. The van der Waals surface area contributed by atoms with E-state index in [0.717, 1.165) is 0 Å². The first-order valence-electron chi connectivity index (χ1n) is 9.52. The van der Waals surface area contributed by atoms with E-state index in [9.17, 15) is 9.59 Å². The molecule has 4 rings (SSSR count). The number of carbonyl (C=O) groups excluding carboxylic acids is 1. The Morgan fingerprint density at radius 3 is 2.79 bits per heavy atom. The molecule has 1 amide bonds. The molecule has 1 aliphatic rings. The highest BCUT2D eigenvalue weighted by molar-refractivity contribution is 5.92. The van der Waals surface area contributed by atoms with Gasteiger partial charge in [0.25, 0.3) is 5.56 Å².